The number of ether oxygens (including phenoxy) is 1. The number of aliphatic hydroxyl groups excluding tert-OH is 4. The molecule has 0 spiro atoms. The summed E-state index contributed by atoms with van der Waals surface area (Å²) in [4.78, 5) is 11.4. The predicted octanol–water partition coefficient (Wildman–Crippen LogP) is 3.53. The van der Waals surface area contributed by atoms with Gasteiger partial charge in [0.05, 0.1) is 18.8 Å². The van der Waals surface area contributed by atoms with Crippen molar-refractivity contribution in [1.29, 1.82) is 0 Å². The van der Waals surface area contributed by atoms with Crippen molar-refractivity contribution in [3.63, 3.8) is 0 Å². The lowest BCUT2D eigenvalue weighted by atomic mass is 10.1. The number of aliphatic hydroxyl groups is 4. The molecule has 0 rings (SSSR count). The van der Waals surface area contributed by atoms with Gasteiger partial charge in [0.2, 0.25) is 0 Å². The van der Waals surface area contributed by atoms with E-state index in [0.717, 1.165) is 38.5 Å². The van der Waals surface area contributed by atoms with Crippen LogP contribution in [0, 0.1) is 0 Å². The van der Waals surface area contributed by atoms with Gasteiger partial charge in [0.1, 0.15) is 12.7 Å². The molecule has 0 heterocycles. The van der Waals surface area contributed by atoms with Crippen LogP contribution >= 0.6 is 0 Å². The van der Waals surface area contributed by atoms with Gasteiger partial charge in [0, 0.05) is 6.42 Å². The molecule has 0 aliphatic carbocycles. The number of hydrogen-bond donors (Lipinski definition) is 4. The van der Waals surface area contributed by atoms with E-state index in [4.69, 9.17) is 14.9 Å². The Hall–Kier alpha value is -1.99. The lowest BCUT2D eigenvalue weighted by Crippen LogP contribution is -2.22. The standard InChI is InChI=1S/C25H40O6/c1-2-3-4-5-11-14-17-23(28)24(29)18-15-12-9-7-6-8-10-13-16-19-25(30)31-21-22(27)20-26/h3-4,6-7,9,11-12,14-15,18,22-24,26-29H,2,5,8,10,13,16-17,19-21H2,1H3/b4-3-,7-6-,12-9+,14-11-,18-15-. The number of carbonyl (C=O) groups is 1. The van der Waals surface area contributed by atoms with Crippen LogP contribution in [0.25, 0.3) is 0 Å². The van der Waals surface area contributed by atoms with Crippen molar-refractivity contribution in [2.75, 3.05) is 13.2 Å². The molecule has 4 N–H and O–H groups in total. The third-order valence-electron chi connectivity index (χ3n) is 4.29. The number of esters is 1. The van der Waals surface area contributed by atoms with Crippen molar-refractivity contribution >= 4 is 5.97 Å². The van der Waals surface area contributed by atoms with Crippen molar-refractivity contribution in [2.24, 2.45) is 0 Å². The molecule has 6 nitrogen and oxygen atoms in total. The number of rotatable bonds is 18. The Morgan fingerprint density at radius 3 is 2.39 bits per heavy atom. The van der Waals surface area contributed by atoms with Crippen LogP contribution in [0.15, 0.2) is 60.8 Å². The molecule has 0 aliphatic rings. The lowest BCUT2D eigenvalue weighted by molar-refractivity contribution is -0.147. The van der Waals surface area contributed by atoms with Crippen LogP contribution in [0.3, 0.4) is 0 Å². The van der Waals surface area contributed by atoms with Gasteiger partial charge in [0.15, 0.2) is 0 Å². The third kappa shape index (κ3) is 19.7. The number of allylic oxidation sites excluding steroid dienone is 8. The quantitative estimate of drug-likeness (QED) is 0.113. The molecule has 176 valence electrons. The molecule has 3 unspecified atom stereocenters. The smallest absolute Gasteiger partial charge is 0.305 e. The van der Waals surface area contributed by atoms with Crippen LogP contribution in [0.5, 0.6) is 0 Å². The minimum atomic E-state index is -1.01. The third-order valence-corrected chi connectivity index (χ3v) is 4.29. The summed E-state index contributed by atoms with van der Waals surface area (Å²) in [7, 11) is 0. The number of carbonyl (C=O) groups excluding carboxylic acids is 1. The highest BCUT2D eigenvalue weighted by molar-refractivity contribution is 5.69. The molecule has 0 aromatic carbocycles. The summed E-state index contributed by atoms with van der Waals surface area (Å²) in [5.41, 5.74) is 0. The molecule has 31 heavy (non-hydrogen) atoms. The van der Waals surface area contributed by atoms with E-state index in [1.807, 2.05) is 30.4 Å². The van der Waals surface area contributed by atoms with Crippen molar-refractivity contribution < 1.29 is 30.0 Å². The Kier molecular flexibility index (Phi) is 19.9. The van der Waals surface area contributed by atoms with E-state index >= 15 is 0 Å². The average Bonchev–Trinajstić information content (AvgIpc) is 2.77. The van der Waals surface area contributed by atoms with Crippen molar-refractivity contribution in [2.45, 2.75) is 76.6 Å². The van der Waals surface area contributed by atoms with E-state index in [-0.39, 0.29) is 12.6 Å². The SMILES string of the molecule is CC/C=C\C/C=C\CC(O)C(O)\C=C/C=C/C=C\CCCCCC(=O)OCC(O)CO. The van der Waals surface area contributed by atoms with E-state index in [1.54, 1.807) is 18.2 Å². The Bertz CT molecular complexity index is 577. The van der Waals surface area contributed by atoms with Crippen molar-refractivity contribution in [3.8, 4) is 0 Å². The molecule has 0 saturated heterocycles. The number of unbranched alkanes of at least 4 members (excludes halogenated alkanes) is 3. The first-order valence-electron chi connectivity index (χ1n) is 11.1. The highest BCUT2D eigenvalue weighted by Gasteiger charge is 2.10. The Balaban J connectivity index is 3.79. The summed E-state index contributed by atoms with van der Waals surface area (Å²) in [5.74, 6) is -0.356. The van der Waals surface area contributed by atoms with Gasteiger partial charge in [-0.15, -0.1) is 0 Å². The van der Waals surface area contributed by atoms with E-state index in [0.29, 0.717) is 12.8 Å². The minimum Gasteiger partial charge on any atom is -0.463 e. The molecule has 0 aliphatic heterocycles. The second kappa shape index (κ2) is 21.2. The topological polar surface area (TPSA) is 107 Å². The van der Waals surface area contributed by atoms with Gasteiger partial charge >= 0.3 is 5.97 Å². The van der Waals surface area contributed by atoms with Gasteiger partial charge in [-0.05, 0) is 38.5 Å². The normalized spacial score (nSPS) is 15.6. The van der Waals surface area contributed by atoms with Crippen LogP contribution in [-0.4, -0.2) is 57.9 Å². The maximum atomic E-state index is 11.4. The highest BCUT2D eigenvalue weighted by atomic mass is 16.5. The first-order valence-corrected chi connectivity index (χ1v) is 11.1. The van der Waals surface area contributed by atoms with Gasteiger partial charge < -0.3 is 25.2 Å². The summed E-state index contributed by atoms with van der Waals surface area (Å²) in [6.07, 6.45) is 22.3. The zero-order chi connectivity index (χ0) is 23.2. The fourth-order valence-electron chi connectivity index (χ4n) is 2.44. The van der Waals surface area contributed by atoms with Crippen LogP contribution in [-0.2, 0) is 9.53 Å². The molecule has 6 heteroatoms. The summed E-state index contributed by atoms with van der Waals surface area (Å²) >= 11 is 0. The fourth-order valence-corrected chi connectivity index (χ4v) is 2.44. The zero-order valence-electron chi connectivity index (χ0n) is 18.7. The van der Waals surface area contributed by atoms with E-state index in [9.17, 15) is 15.0 Å². The molecule has 0 aromatic heterocycles. The average molecular weight is 437 g/mol. The Labute approximate surface area is 187 Å². The Morgan fingerprint density at radius 1 is 0.903 bits per heavy atom. The molecule has 0 radical (unpaired) electrons. The summed E-state index contributed by atoms with van der Waals surface area (Å²) < 4.78 is 4.83. The van der Waals surface area contributed by atoms with Gasteiger partial charge in [-0.1, -0.05) is 74.1 Å². The largest absolute Gasteiger partial charge is 0.463 e. The van der Waals surface area contributed by atoms with Gasteiger partial charge in [0.25, 0.3) is 0 Å². The fraction of sp³-hybridized carbons (Fsp3) is 0.560. The highest BCUT2D eigenvalue weighted by Crippen LogP contribution is 2.06. The molecule has 0 amide bonds. The first kappa shape index (κ1) is 29.0. The molecule has 0 bridgehead atoms. The van der Waals surface area contributed by atoms with Crippen LogP contribution in [0.4, 0.5) is 0 Å². The predicted molar refractivity (Wildman–Crippen MR) is 124 cm³/mol. The summed E-state index contributed by atoms with van der Waals surface area (Å²) in [6.45, 7) is 1.50. The monoisotopic (exact) mass is 436 g/mol. The zero-order valence-corrected chi connectivity index (χ0v) is 18.7. The molecule has 0 fully saturated rings. The van der Waals surface area contributed by atoms with E-state index in [2.05, 4.69) is 19.1 Å². The second-order valence-corrected chi connectivity index (χ2v) is 7.20. The van der Waals surface area contributed by atoms with Crippen LogP contribution < -0.4 is 0 Å². The molecule has 0 aromatic rings. The summed E-state index contributed by atoms with van der Waals surface area (Å²) in [6, 6.07) is 0. The maximum absolute atomic E-state index is 11.4. The van der Waals surface area contributed by atoms with E-state index < -0.39 is 24.9 Å². The van der Waals surface area contributed by atoms with Gasteiger partial charge in [-0.2, -0.15) is 0 Å². The molecule has 3 atom stereocenters. The van der Waals surface area contributed by atoms with Gasteiger partial charge in [-0.25, -0.2) is 0 Å². The molecule has 0 saturated carbocycles. The molecular weight excluding hydrogens is 396 g/mol. The lowest BCUT2D eigenvalue weighted by Gasteiger charge is -2.11. The number of hydrogen-bond acceptors (Lipinski definition) is 6. The van der Waals surface area contributed by atoms with Gasteiger partial charge in [-0.3, -0.25) is 4.79 Å². The first-order chi connectivity index (χ1) is 15.0. The Morgan fingerprint density at radius 2 is 1.65 bits per heavy atom. The van der Waals surface area contributed by atoms with E-state index in [1.165, 1.54) is 0 Å². The van der Waals surface area contributed by atoms with Crippen LogP contribution in [0.2, 0.25) is 0 Å². The molecular formula is C25H40O6. The minimum absolute atomic E-state index is 0.164. The maximum Gasteiger partial charge on any atom is 0.305 e. The van der Waals surface area contributed by atoms with Crippen molar-refractivity contribution in [1.82, 2.24) is 0 Å². The van der Waals surface area contributed by atoms with Crippen molar-refractivity contribution in [3.05, 3.63) is 60.8 Å². The van der Waals surface area contributed by atoms with Crippen LogP contribution in [0.1, 0.15) is 58.3 Å². The second-order valence-electron chi connectivity index (χ2n) is 7.20. The summed E-state index contributed by atoms with van der Waals surface area (Å²) in [5, 5.41) is 37.5.